The molecule has 2 aliphatic rings. The lowest BCUT2D eigenvalue weighted by molar-refractivity contribution is 0.267. The van der Waals surface area contributed by atoms with Gasteiger partial charge in [0.15, 0.2) is 9.84 Å². The van der Waals surface area contributed by atoms with E-state index in [9.17, 15) is 8.42 Å². The van der Waals surface area contributed by atoms with E-state index in [0.717, 1.165) is 4.32 Å². The molecular formula is C9H13NO2S3. The van der Waals surface area contributed by atoms with Crippen molar-refractivity contribution in [1.29, 1.82) is 0 Å². The summed E-state index contributed by atoms with van der Waals surface area (Å²) in [6.45, 7) is 6.30. The van der Waals surface area contributed by atoms with E-state index in [1.807, 2.05) is 11.8 Å². The summed E-state index contributed by atoms with van der Waals surface area (Å²) >= 11 is 6.77. The van der Waals surface area contributed by atoms with Crippen LogP contribution in [0.1, 0.15) is 6.92 Å². The molecule has 2 rings (SSSR count). The van der Waals surface area contributed by atoms with Crippen LogP contribution in [0, 0.1) is 0 Å². The number of fused-ring (bicyclic) bond motifs is 1. The zero-order valence-corrected chi connectivity index (χ0v) is 10.9. The Morgan fingerprint density at radius 1 is 1.80 bits per heavy atom. The maximum atomic E-state index is 11.6. The van der Waals surface area contributed by atoms with Gasteiger partial charge in [-0.1, -0.05) is 30.1 Å². The first-order chi connectivity index (χ1) is 6.89. The minimum absolute atomic E-state index is 0.0925. The van der Waals surface area contributed by atoms with Crippen LogP contribution in [0.5, 0.6) is 0 Å². The number of hydrogen-bond donors (Lipinski definition) is 0. The smallest absolute Gasteiger partial charge is 0.153 e. The van der Waals surface area contributed by atoms with Crippen LogP contribution in [0.25, 0.3) is 0 Å². The Kier molecular flexibility index (Phi) is 2.64. The fraction of sp³-hybridized carbons (Fsp3) is 0.667. The van der Waals surface area contributed by atoms with Gasteiger partial charge in [-0.3, -0.25) is 0 Å². The van der Waals surface area contributed by atoms with Crippen LogP contribution in [0.2, 0.25) is 0 Å². The van der Waals surface area contributed by atoms with Gasteiger partial charge in [-0.15, -0.1) is 6.58 Å². The van der Waals surface area contributed by atoms with Crippen molar-refractivity contribution in [3.05, 3.63) is 12.7 Å². The molecule has 0 aromatic rings. The largest absolute Gasteiger partial charge is 0.346 e. The van der Waals surface area contributed by atoms with Gasteiger partial charge >= 0.3 is 0 Å². The monoisotopic (exact) mass is 263 g/mol. The van der Waals surface area contributed by atoms with E-state index in [0.29, 0.717) is 6.54 Å². The topological polar surface area (TPSA) is 37.4 Å². The predicted molar refractivity (Wildman–Crippen MR) is 67.9 cm³/mol. The Hall–Kier alpha value is -0.0700. The molecule has 2 saturated heterocycles. The number of rotatable bonds is 2. The van der Waals surface area contributed by atoms with Crippen LogP contribution < -0.4 is 0 Å². The van der Waals surface area contributed by atoms with E-state index in [-0.39, 0.29) is 22.3 Å². The van der Waals surface area contributed by atoms with Crippen LogP contribution in [-0.4, -0.2) is 46.5 Å². The highest BCUT2D eigenvalue weighted by atomic mass is 32.2. The fourth-order valence-corrected chi connectivity index (χ4v) is 7.16. The maximum absolute atomic E-state index is 11.6. The van der Waals surface area contributed by atoms with Crippen molar-refractivity contribution in [2.24, 2.45) is 0 Å². The van der Waals surface area contributed by atoms with Crippen LogP contribution >= 0.6 is 24.0 Å². The van der Waals surface area contributed by atoms with Gasteiger partial charge in [0.05, 0.1) is 17.0 Å². The summed E-state index contributed by atoms with van der Waals surface area (Å²) in [6.07, 6.45) is 1.77. The lowest BCUT2D eigenvalue weighted by Gasteiger charge is -2.33. The molecule has 2 atom stereocenters. The van der Waals surface area contributed by atoms with E-state index in [4.69, 9.17) is 12.2 Å². The molecule has 0 aliphatic carbocycles. The van der Waals surface area contributed by atoms with Crippen molar-refractivity contribution in [2.45, 2.75) is 17.7 Å². The Balaban J connectivity index is 2.35. The quantitative estimate of drug-likeness (QED) is 0.550. The second kappa shape index (κ2) is 3.46. The van der Waals surface area contributed by atoms with Crippen LogP contribution in [0.4, 0.5) is 0 Å². The Morgan fingerprint density at radius 2 is 2.47 bits per heavy atom. The minimum Gasteiger partial charge on any atom is -0.346 e. The van der Waals surface area contributed by atoms with E-state index >= 15 is 0 Å². The standard InChI is InChI=1S/C9H13NO2S3/c1-3-4-10-8(13)14-7-5-15(11,12)6-9(7,10)2/h3,7H,1,4-6H2,2H3/t7-,9-/m0/s1. The summed E-state index contributed by atoms with van der Waals surface area (Å²) < 4.78 is 24.0. The molecule has 0 aromatic carbocycles. The van der Waals surface area contributed by atoms with Gasteiger partial charge in [0.1, 0.15) is 4.32 Å². The molecule has 0 spiro atoms. The van der Waals surface area contributed by atoms with Crippen molar-refractivity contribution >= 4 is 38.1 Å². The first kappa shape index (κ1) is 11.4. The van der Waals surface area contributed by atoms with E-state index in [2.05, 4.69) is 6.58 Å². The molecule has 0 unspecified atom stereocenters. The van der Waals surface area contributed by atoms with Crippen LogP contribution in [0.15, 0.2) is 12.7 Å². The molecule has 0 radical (unpaired) electrons. The Labute approximate surface area is 99.8 Å². The average Bonchev–Trinajstić information content (AvgIpc) is 2.42. The van der Waals surface area contributed by atoms with Gasteiger partial charge in [0.25, 0.3) is 0 Å². The second-order valence-electron chi connectivity index (χ2n) is 4.18. The third-order valence-corrected chi connectivity index (χ3v) is 6.97. The molecule has 15 heavy (non-hydrogen) atoms. The molecule has 0 bridgehead atoms. The summed E-state index contributed by atoms with van der Waals surface area (Å²) in [5, 5.41) is 0.0925. The molecule has 0 aromatic heterocycles. The second-order valence-corrected chi connectivity index (χ2v) is 8.13. The Morgan fingerprint density at radius 3 is 3.07 bits per heavy atom. The molecule has 0 N–H and O–H groups in total. The molecule has 3 nitrogen and oxygen atoms in total. The van der Waals surface area contributed by atoms with Crippen LogP contribution in [0.3, 0.4) is 0 Å². The molecule has 0 saturated carbocycles. The lowest BCUT2D eigenvalue weighted by Crippen LogP contribution is -2.48. The zero-order valence-electron chi connectivity index (χ0n) is 8.47. The summed E-state index contributed by atoms with van der Waals surface area (Å²) in [4.78, 5) is 2.00. The first-order valence-electron chi connectivity index (χ1n) is 4.69. The summed E-state index contributed by atoms with van der Waals surface area (Å²) in [5.41, 5.74) is -0.325. The normalized spacial score (nSPS) is 38.1. The van der Waals surface area contributed by atoms with Gasteiger partial charge in [0, 0.05) is 11.8 Å². The zero-order chi connectivity index (χ0) is 11.3. The van der Waals surface area contributed by atoms with Crippen molar-refractivity contribution < 1.29 is 8.42 Å². The third kappa shape index (κ3) is 1.72. The van der Waals surface area contributed by atoms with Crippen molar-refractivity contribution in [2.75, 3.05) is 18.1 Å². The summed E-state index contributed by atoms with van der Waals surface area (Å²) in [7, 11) is -2.90. The first-order valence-corrected chi connectivity index (χ1v) is 7.79. The summed E-state index contributed by atoms with van der Waals surface area (Å²) in [6, 6.07) is 0. The highest BCUT2D eigenvalue weighted by molar-refractivity contribution is 8.24. The number of sulfone groups is 1. The van der Waals surface area contributed by atoms with Crippen LogP contribution in [-0.2, 0) is 9.84 Å². The highest BCUT2D eigenvalue weighted by Crippen LogP contribution is 2.45. The third-order valence-electron chi connectivity index (χ3n) is 3.00. The number of thiocarbonyl (C=S) groups is 1. The molecule has 2 heterocycles. The molecule has 2 fully saturated rings. The van der Waals surface area contributed by atoms with Gasteiger partial charge in [0.2, 0.25) is 0 Å². The number of thioether (sulfide) groups is 1. The number of hydrogen-bond acceptors (Lipinski definition) is 4. The Bertz CT molecular complexity index is 417. The van der Waals surface area contributed by atoms with Gasteiger partial charge in [-0.25, -0.2) is 8.42 Å². The SMILES string of the molecule is C=CCN1C(=S)S[C@H]2CS(=O)(=O)C[C@@]21C. The highest BCUT2D eigenvalue weighted by Gasteiger charge is 2.56. The van der Waals surface area contributed by atoms with Crippen molar-refractivity contribution in [3.8, 4) is 0 Å². The van der Waals surface area contributed by atoms with Crippen molar-refractivity contribution in [1.82, 2.24) is 4.90 Å². The van der Waals surface area contributed by atoms with E-state index < -0.39 is 9.84 Å². The molecule has 2 aliphatic heterocycles. The molecule has 0 amide bonds. The number of nitrogens with zero attached hydrogens (tertiary/aromatic N) is 1. The summed E-state index contributed by atoms with van der Waals surface area (Å²) in [5.74, 6) is 0.466. The predicted octanol–water partition coefficient (Wildman–Crippen LogP) is 1.06. The minimum atomic E-state index is -2.90. The fourth-order valence-electron chi connectivity index (χ4n) is 2.23. The van der Waals surface area contributed by atoms with Crippen molar-refractivity contribution in [3.63, 3.8) is 0 Å². The molecule has 84 valence electrons. The maximum Gasteiger partial charge on any atom is 0.153 e. The lowest BCUT2D eigenvalue weighted by atomic mass is 10.00. The van der Waals surface area contributed by atoms with E-state index in [1.165, 1.54) is 11.8 Å². The average molecular weight is 263 g/mol. The molecule has 6 heteroatoms. The van der Waals surface area contributed by atoms with Gasteiger partial charge < -0.3 is 4.90 Å². The van der Waals surface area contributed by atoms with E-state index in [1.54, 1.807) is 6.08 Å². The van der Waals surface area contributed by atoms with Gasteiger partial charge in [-0.2, -0.15) is 0 Å². The van der Waals surface area contributed by atoms with Gasteiger partial charge in [-0.05, 0) is 6.92 Å². The molecular weight excluding hydrogens is 250 g/mol.